The van der Waals surface area contributed by atoms with Crippen molar-refractivity contribution in [2.45, 2.75) is 63.9 Å². The molecule has 8 heteroatoms. The zero-order valence-corrected chi connectivity index (χ0v) is 22.8. The van der Waals surface area contributed by atoms with E-state index in [1.165, 1.54) is 6.07 Å². The van der Waals surface area contributed by atoms with Gasteiger partial charge in [-0.3, -0.25) is 4.79 Å². The Bertz CT molecular complexity index is 1090. The predicted molar refractivity (Wildman–Crippen MR) is 148 cm³/mol. The highest BCUT2D eigenvalue weighted by atomic mass is 19.1. The van der Waals surface area contributed by atoms with Gasteiger partial charge in [0.2, 0.25) is 5.91 Å². The molecule has 4 N–H and O–H groups in total. The molecule has 1 aliphatic heterocycles. The molecule has 1 fully saturated rings. The largest absolute Gasteiger partial charge is 0.465 e. The van der Waals surface area contributed by atoms with Crippen molar-refractivity contribution < 1.29 is 24.2 Å². The molecule has 1 saturated heterocycles. The van der Waals surface area contributed by atoms with Gasteiger partial charge in [0.25, 0.3) is 0 Å². The molecule has 2 atom stereocenters. The van der Waals surface area contributed by atoms with Gasteiger partial charge in [0.1, 0.15) is 5.82 Å². The number of piperidine rings is 1. The lowest BCUT2D eigenvalue weighted by Crippen LogP contribution is -2.48. The number of nitrogens with one attached hydrogen (secondary N) is 2. The number of nitrogens with zero attached hydrogens (tertiary/aromatic N) is 1. The fourth-order valence-electron chi connectivity index (χ4n) is 5.51. The second kappa shape index (κ2) is 13.7. The molecule has 2 aromatic carbocycles. The first-order valence-electron chi connectivity index (χ1n) is 13.7. The van der Waals surface area contributed by atoms with Crippen LogP contribution in [-0.4, -0.2) is 60.3 Å². The van der Waals surface area contributed by atoms with Crippen LogP contribution in [0.15, 0.2) is 42.5 Å². The minimum Gasteiger partial charge on any atom is -0.465 e. The van der Waals surface area contributed by atoms with Crippen molar-refractivity contribution in [2.24, 2.45) is 5.92 Å². The van der Waals surface area contributed by atoms with Crippen molar-refractivity contribution >= 4 is 12.0 Å². The Balaban J connectivity index is 2.01. The summed E-state index contributed by atoms with van der Waals surface area (Å²) in [5.74, 6) is -0.416. The molecule has 2 unspecified atom stereocenters. The number of halogens is 1. The fraction of sp³-hybridized carbons (Fsp3) is 0.533. The number of carbonyl (C=O) groups excluding carboxylic acids is 1. The summed E-state index contributed by atoms with van der Waals surface area (Å²) < 4.78 is 15.6. The van der Waals surface area contributed by atoms with Gasteiger partial charge < -0.3 is 25.7 Å². The van der Waals surface area contributed by atoms with Gasteiger partial charge in [-0.2, -0.15) is 0 Å². The van der Waals surface area contributed by atoms with Crippen LogP contribution in [0.1, 0.15) is 69.4 Å². The Morgan fingerprint density at radius 3 is 2.63 bits per heavy atom. The lowest BCUT2D eigenvalue weighted by Gasteiger charge is -2.43. The van der Waals surface area contributed by atoms with E-state index in [0.29, 0.717) is 49.0 Å². The van der Waals surface area contributed by atoms with Crippen LogP contribution < -0.4 is 10.6 Å². The van der Waals surface area contributed by atoms with Crippen LogP contribution in [0.25, 0.3) is 11.1 Å². The van der Waals surface area contributed by atoms with Crippen LogP contribution in [0, 0.1) is 11.7 Å². The number of amides is 2. The highest BCUT2D eigenvalue weighted by Crippen LogP contribution is 2.44. The zero-order chi connectivity index (χ0) is 27.7. The van der Waals surface area contributed by atoms with Crippen LogP contribution in [0.5, 0.6) is 0 Å². The van der Waals surface area contributed by atoms with E-state index in [1.54, 1.807) is 12.1 Å². The summed E-state index contributed by atoms with van der Waals surface area (Å²) in [4.78, 5) is 25.8. The summed E-state index contributed by atoms with van der Waals surface area (Å²) in [6, 6.07) is 12.5. The molecular weight excluding hydrogens is 485 g/mol. The number of hydrogen-bond donors (Lipinski definition) is 4. The summed E-state index contributed by atoms with van der Waals surface area (Å²) >= 11 is 0. The average molecular weight is 528 g/mol. The maximum Gasteiger partial charge on any atom is 0.404 e. The highest BCUT2D eigenvalue weighted by Gasteiger charge is 2.43. The van der Waals surface area contributed by atoms with Gasteiger partial charge >= 0.3 is 6.09 Å². The van der Waals surface area contributed by atoms with Crippen molar-refractivity contribution in [3.8, 4) is 11.1 Å². The van der Waals surface area contributed by atoms with Crippen molar-refractivity contribution in [1.29, 1.82) is 0 Å². The number of rotatable bonds is 12. The minimum absolute atomic E-state index is 0.0592. The Labute approximate surface area is 225 Å². The molecule has 0 saturated carbocycles. The SMILES string of the molecule is CNCCCC(=O)N1CCCC(C(O)(CCCNC(=O)O)c2cccc(F)c2-c2cccc(C(C)C)c2)C1. The molecule has 3 rings (SSSR count). The third kappa shape index (κ3) is 7.32. The molecule has 0 bridgehead atoms. The predicted octanol–water partition coefficient (Wildman–Crippen LogP) is 5.09. The van der Waals surface area contributed by atoms with Crippen LogP contribution >= 0.6 is 0 Å². The van der Waals surface area contributed by atoms with E-state index < -0.39 is 17.5 Å². The molecular formula is C30H42FN3O4. The molecule has 1 heterocycles. The van der Waals surface area contributed by atoms with Crippen molar-refractivity contribution in [3.63, 3.8) is 0 Å². The standard InChI is InChI=1S/C30H42FN3O4/c1-21(2)22-9-4-10-23(19-22)28-25(12-5-13-26(28)31)30(38,15-8-17-33-29(36)37)24-11-7-18-34(20-24)27(35)14-6-16-32-3/h4-5,9-10,12-13,19,21,24,32-33,38H,6-8,11,14-18,20H2,1-3H3,(H,36,37). The van der Waals surface area contributed by atoms with Crippen molar-refractivity contribution in [3.05, 3.63) is 59.4 Å². The summed E-state index contributed by atoms with van der Waals surface area (Å²) in [6.45, 7) is 6.10. The number of benzene rings is 2. The van der Waals surface area contributed by atoms with E-state index in [2.05, 4.69) is 24.5 Å². The van der Waals surface area contributed by atoms with Crippen LogP contribution in [0.3, 0.4) is 0 Å². The topological polar surface area (TPSA) is 102 Å². The van der Waals surface area contributed by atoms with Gasteiger partial charge in [0.15, 0.2) is 0 Å². The zero-order valence-electron chi connectivity index (χ0n) is 22.8. The van der Waals surface area contributed by atoms with Gasteiger partial charge in [-0.15, -0.1) is 0 Å². The molecule has 0 aliphatic carbocycles. The van der Waals surface area contributed by atoms with E-state index >= 15 is 4.39 Å². The summed E-state index contributed by atoms with van der Waals surface area (Å²) in [6.07, 6.45) is 2.08. The first-order valence-corrected chi connectivity index (χ1v) is 13.7. The van der Waals surface area contributed by atoms with E-state index in [1.807, 2.05) is 36.2 Å². The third-order valence-corrected chi connectivity index (χ3v) is 7.60. The van der Waals surface area contributed by atoms with Gasteiger partial charge in [0, 0.05) is 37.5 Å². The van der Waals surface area contributed by atoms with Gasteiger partial charge in [-0.25, -0.2) is 9.18 Å². The molecule has 0 radical (unpaired) electrons. The maximum atomic E-state index is 15.6. The number of hydrogen-bond acceptors (Lipinski definition) is 4. The maximum absolute atomic E-state index is 15.6. The van der Waals surface area contributed by atoms with E-state index in [-0.39, 0.29) is 30.7 Å². The molecule has 0 spiro atoms. The first kappa shape index (κ1) is 29.6. The number of aliphatic hydroxyl groups is 1. The lowest BCUT2D eigenvalue weighted by molar-refractivity contribution is -0.136. The second-order valence-electron chi connectivity index (χ2n) is 10.6. The van der Waals surface area contributed by atoms with Gasteiger partial charge in [0.05, 0.1) is 5.60 Å². The number of carbonyl (C=O) groups is 2. The molecule has 7 nitrogen and oxygen atoms in total. The van der Waals surface area contributed by atoms with Crippen LogP contribution in [0.2, 0.25) is 0 Å². The first-order chi connectivity index (χ1) is 18.2. The van der Waals surface area contributed by atoms with Crippen molar-refractivity contribution in [1.82, 2.24) is 15.5 Å². The summed E-state index contributed by atoms with van der Waals surface area (Å²) in [5.41, 5.74) is 1.17. The smallest absolute Gasteiger partial charge is 0.404 e. The van der Waals surface area contributed by atoms with E-state index in [9.17, 15) is 14.7 Å². The van der Waals surface area contributed by atoms with Gasteiger partial charge in [-0.1, -0.05) is 50.2 Å². The van der Waals surface area contributed by atoms with E-state index in [4.69, 9.17) is 5.11 Å². The molecule has 38 heavy (non-hydrogen) atoms. The van der Waals surface area contributed by atoms with Crippen LogP contribution in [0.4, 0.5) is 9.18 Å². The lowest BCUT2D eigenvalue weighted by atomic mass is 9.72. The molecule has 1 aliphatic rings. The van der Waals surface area contributed by atoms with Crippen LogP contribution in [-0.2, 0) is 10.4 Å². The minimum atomic E-state index is -1.45. The average Bonchev–Trinajstić information content (AvgIpc) is 2.91. The summed E-state index contributed by atoms with van der Waals surface area (Å²) in [7, 11) is 1.86. The number of carboxylic acid groups (broad SMARTS) is 1. The fourth-order valence-corrected chi connectivity index (χ4v) is 5.51. The number of likely N-dealkylation sites (tertiary alicyclic amines) is 1. The quantitative estimate of drug-likeness (QED) is 0.288. The Morgan fingerprint density at radius 2 is 1.92 bits per heavy atom. The normalized spacial score (nSPS) is 17.3. The van der Waals surface area contributed by atoms with Crippen molar-refractivity contribution in [2.75, 3.05) is 33.2 Å². The monoisotopic (exact) mass is 527 g/mol. The van der Waals surface area contributed by atoms with E-state index in [0.717, 1.165) is 24.9 Å². The second-order valence-corrected chi connectivity index (χ2v) is 10.6. The van der Waals surface area contributed by atoms with Gasteiger partial charge in [-0.05, 0) is 74.4 Å². The highest BCUT2D eigenvalue weighted by molar-refractivity contribution is 5.76. The molecule has 2 aromatic rings. The molecule has 2 amide bonds. The Hall–Kier alpha value is -2.97. The summed E-state index contributed by atoms with van der Waals surface area (Å²) in [5, 5.41) is 26.9. The Morgan fingerprint density at radius 1 is 1.16 bits per heavy atom. The molecule has 208 valence electrons. The molecule has 0 aromatic heterocycles. The Kier molecular flexibility index (Phi) is 10.7. The third-order valence-electron chi connectivity index (χ3n) is 7.60.